The molecule has 0 unspecified atom stereocenters. The lowest BCUT2D eigenvalue weighted by Crippen LogP contribution is -2.10. The number of carbonyl (C=O) groups excluding carboxylic acids is 3. The molecule has 2 aromatic heterocycles. The van der Waals surface area contributed by atoms with Crippen LogP contribution in [0, 0.1) is 13.8 Å². The minimum absolute atomic E-state index is 0.159. The van der Waals surface area contributed by atoms with E-state index in [-0.39, 0.29) is 18.0 Å². The Morgan fingerprint density at radius 1 is 0.957 bits per heavy atom. The van der Waals surface area contributed by atoms with Crippen LogP contribution in [0.25, 0.3) is 0 Å². The number of hydrogen-bond donors (Lipinski definition) is 0. The first kappa shape index (κ1) is 19.3. The monoisotopic (exact) mass is 352 g/mol. The van der Waals surface area contributed by atoms with Crippen molar-refractivity contribution in [2.75, 3.05) is 6.61 Å². The fraction of sp³-hybridized carbons (Fsp3) is 0.353. The van der Waals surface area contributed by atoms with Crippen LogP contribution in [0.4, 0.5) is 0 Å². The van der Waals surface area contributed by atoms with Crippen LogP contribution in [0.15, 0.2) is 24.3 Å². The molecule has 2 aromatic rings. The highest BCUT2D eigenvalue weighted by atomic mass is 32.1. The molecule has 0 fully saturated rings. The van der Waals surface area contributed by atoms with Crippen LogP contribution >= 0.6 is 22.7 Å². The third-order valence-corrected chi connectivity index (χ3v) is 4.86. The molecule has 0 aliphatic rings. The molecule has 0 N–H and O–H groups in total. The summed E-state index contributed by atoms with van der Waals surface area (Å²) >= 11 is 2.94. The summed E-state index contributed by atoms with van der Waals surface area (Å²) in [6.45, 7) is 7.54. The van der Waals surface area contributed by atoms with Gasteiger partial charge in [0.2, 0.25) is 0 Å². The normalized spacial score (nSPS) is 9.74. The van der Waals surface area contributed by atoms with Gasteiger partial charge in [0.05, 0.1) is 16.4 Å². The standard InChI is InChI=1S/C10H12O3S.C7H8OS/c1-3-13-10(12)6-8(11)9-5-4-7(2)14-9;1-5-3-4-7(9-5)6(2)8/h4-5H,3,6H2,1-2H3;3-4H,1-2H3. The molecule has 124 valence electrons. The molecule has 0 amide bonds. The Kier molecular flexibility index (Phi) is 7.85. The second-order valence-corrected chi connectivity index (χ2v) is 7.36. The lowest BCUT2D eigenvalue weighted by Gasteiger charge is -1.98. The molecule has 0 aromatic carbocycles. The van der Waals surface area contributed by atoms with E-state index in [0.717, 1.165) is 9.75 Å². The minimum atomic E-state index is -0.455. The summed E-state index contributed by atoms with van der Waals surface area (Å²) in [6, 6.07) is 7.42. The largest absolute Gasteiger partial charge is 0.466 e. The summed E-state index contributed by atoms with van der Waals surface area (Å²) in [5.74, 6) is -0.460. The van der Waals surface area contributed by atoms with E-state index in [1.54, 1.807) is 31.3 Å². The number of thiophene rings is 2. The molecule has 0 bridgehead atoms. The molecule has 23 heavy (non-hydrogen) atoms. The number of Topliss-reactive ketones (excluding diaryl/α,β-unsaturated/α-hetero) is 2. The van der Waals surface area contributed by atoms with Gasteiger partial charge in [-0.3, -0.25) is 14.4 Å². The van der Waals surface area contributed by atoms with Gasteiger partial charge in [-0.2, -0.15) is 0 Å². The predicted octanol–water partition coefficient (Wildman–Crippen LogP) is 4.45. The van der Waals surface area contributed by atoms with Crippen molar-refractivity contribution in [3.05, 3.63) is 43.8 Å². The highest BCUT2D eigenvalue weighted by Crippen LogP contribution is 2.17. The number of esters is 1. The van der Waals surface area contributed by atoms with E-state index in [2.05, 4.69) is 4.74 Å². The Bertz CT molecular complexity index is 682. The van der Waals surface area contributed by atoms with E-state index in [0.29, 0.717) is 11.5 Å². The van der Waals surface area contributed by atoms with Crippen molar-refractivity contribution in [2.45, 2.75) is 34.1 Å². The summed E-state index contributed by atoms with van der Waals surface area (Å²) in [4.78, 5) is 36.9. The van der Waals surface area contributed by atoms with Crippen LogP contribution in [0.5, 0.6) is 0 Å². The summed E-state index contributed by atoms with van der Waals surface area (Å²) in [5, 5.41) is 0. The molecule has 2 rings (SSSR count). The summed E-state index contributed by atoms with van der Waals surface area (Å²) in [7, 11) is 0. The minimum Gasteiger partial charge on any atom is -0.466 e. The molecular weight excluding hydrogens is 332 g/mol. The van der Waals surface area contributed by atoms with E-state index in [9.17, 15) is 14.4 Å². The average molecular weight is 352 g/mol. The number of carbonyl (C=O) groups is 3. The lowest BCUT2D eigenvalue weighted by atomic mass is 10.2. The molecule has 0 atom stereocenters. The highest BCUT2D eigenvalue weighted by molar-refractivity contribution is 7.14. The van der Waals surface area contributed by atoms with Crippen LogP contribution in [-0.2, 0) is 9.53 Å². The Morgan fingerprint density at radius 2 is 1.48 bits per heavy atom. The van der Waals surface area contributed by atoms with Crippen molar-refractivity contribution < 1.29 is 19.1 Å². The van der Waals surface area contributed by atoms with Crippen molar-refractivity contribution in [3.63, 3.8) is 0 Å². The van der Waals surface area contributed by atoms with E-state index < -0.39 is 5.97 Å². The summed E-state index contributed by atoms with van der Waals surface area (Å²) in [5.41, 5.74) is 0. The molecule has 0 saturated carbocycles. The van der Waals surface area contributed by atoms with Crippen LogP contribution in [-0.4, -0.2) is 24.1 Å². The smallest absolute Gasteiger partial charge is 0.313 e. The van der Waals surface area contributed by atoms with Gasteiger partial charge in [-0.05, 0) is 52.0 Å². The van der Waals surface area contributed by atoms with Gasteiger partial charge in [0.15, 0.2) is 11.6 Å². The van der Waals surface area contributed by atoms with Crippen LogP contribution < -0.4 is 0 Å². The first-order valence-electron chi connectivity index (χ1n) is 7.16. The van der Waals surface area contributed by atoms with Gasteiger partial charge >= 0.3 is 5.97 Å². The second kappa shape index (κ2) is 9.37. The van der Waals surface area contributed by atoms with Crippen molar-refractivity contribution in [3.8, 4) is 0 Å². The van der Waals surface area contributed by atoms with Gasteiger partial charge < -0.3 is 4.74 Å². The zero-order valence-corrected chi connectivity index (χ0v) is 15.3. The van der Waals surface area contributed by atoms with Crippen molar-refractivity contribution in [1.82, 2.24) is 0 Å². The van der Waals surface area contributed by atoms with Crippen molar-refractivity contribution in [2.24, 2.45) is 0 Å². The first-order chi connectivity index (χ1) is 10.8. The van der Waals surface area contributed by atoms with Crippen LogP contribution in [0.3, 0.4) is 0 Å². The van der Waals surface area contributed by atoms with Gasteiger partial charge in [0.25, 0.3) is 0 Å². The molecule has 0 saturated heterocycles. The fourth-order valence-corrected chi connectivity index (χ4v) is 3.21. The molecule has 4 nitrogen and oxygen atoms in total. The number of ketones is 2. The lowest BCUT2D eigenvalue weighted by molar-refractivity contribution is -0.141. The zero-order chi connectivity index (χ0) is 17.4. The Balaban J connectivity index is 0.000000253. The number of ether oxygens (including phenoxy) is 1. The first-order valence-corrected chi connectivity index (χ1v) is 8.79. The topological polar surface area (TPSA) is 60.4 Å². The zero-order valence-electron chi connectivity index (χ0n) is 13.7. The molecule has 0 aliphatic heterocycles. The van der Waals surface area contributed by atoms with Gasteiger partial charge in [-0.15, -0.1) is 22.7 Å². The second-order valence-electron chi connectivity index (χ2n) is 4.78. The molecule has 0 spiro atoms. The highest BCUT2D eigenvalue weighted by Gasteiger charge is 2.13. The molecule has 0 aliphatic carbocycles. The molecule has 6 heteroatoms. The Hall–Kier alpha value is -1.79. The van der Waals surface area contributed by atoms with Crippen LogP contribution in [0.1, 0.15) is 49.4 Å². The third kappa shape index (κ3) is 6.88. The molecule has 2 heterocycles. The van der Waals surface area contributed by atoms with E-state index in [1.165, 1.54) is 16.2 Å². The average Bonchev–Trinajstić information content (AvgIpc) is 3.08. The molecule has 0 radical (unpaired) electrons. The fourth-order valence-electron chi connectivity index (χ4n) is 1.64. The summed E-state index contributed by atoms with van der Waals surface area (Å²) in [6.07, 6.45) is -0.159. The van der Waals surface area contributed by atoms with Crippen molar-refractivity contribution in [1.29, 1.82) is 0 Å². The Morgan fingerprint density at radius 3 is 1.83 bits per heavy atom. The maximum Gasteiger partial charge on any atom is 0.313 e. The predicted molar refractivity (Wildman–Crippen MR) is 93.7 cm³/mol. The van der Waals surface area contributed by atoms with E-state index in [1.807, 2.05) is 32.0 Å². The van der Waals surface area contributed by atoms with Gasteiger partial charge in [0.1, 0.15) is 6.42 Å². The maximum atomic E-state index is 11.5. The third-order valence-electron chi connectivity index (χ3n) is 2.71. The number of aryl methyl sites for hydroxylation is 2. The van der Waals surface area contributed by atoms with Gasteiger partial charge in [-0.1, -0.05) is 0 Å². The van der Waals surface area contributed by atoms with E-state index >= 15 is 0 Å². The van der Waals surface area contributed by atoms with Crippen molar-refractivity contribution >= 4 is 40.2 Å². The van der Waals surface area contributed by atoms with Gasteiger partial charge in [-0.25, -0.2) is 0 Å². The maximum absolute atomic E-state index is 11.5. The SMILES string of the molecule is CC(=O)c1ccc(C)s1.CCOC(=O)CC(=O)c1ccc(C)s1. The quantitative estimate of drug-likeness (QED) is 0.453. The molecular formula is C17H20O4S2. The number of rotatable bonds is 5. The van der Waals surface area contributed by atoms with Crippen LogP contribution in [0.2, 0.25) is 0 Å². The number of hydrogen-bond acceptors (Lipinski definition) is 6. The Labute approximate surface area is 144 Å². The van der Waals surface area contributed by atoms with Gasteiger partial charge in [0, 0.05) is 9.75 Å². The van der Waals surface area contributed by atoms with E-state index in [4.69, 9.17) is 0 Å². The summed E-state index contributed by atoms with van der Waals surface area (Å²) < 4.78 is 4.69.